The van der Waals surface area contributed by atoms with Crippen LogP contribution in [-0.2, 0) is 4.79 Å². The molecule has 0 spiro atoms. The van der Waals surface area contributed by atoms with Gasteiger partial charge in [-0.25, -0.2) is 0 Å². The molecule has 4 aromatic rings. The molecule has 0 aliphatic carbocycles. The molecular weight excluding hydrogens is 396 g/mol. The van der Waals surface area contributed by atoms with Crippen molar-refractivity contribution >= 4 is 17.3 Å². The van der Waals surface area contributed by atoms with E-state index in [9.17, 15) is 4.79 Å². The van der Waals surface area contributed by atoms with Crippen molar-refractivity contribution in [1.29, 1.82) is 0 Å². The van der Waals surface area contributed by atoms with E-state index in [0.29, 0.717) is 5.69 Å². The number of carbonyl (C=O) groups excluding carboxylic acids is 1. The average molecular weight is 423 g/mol. The standard InChI is InChI=1S/C27H26N4O/c1-29-24-18-30-17-16-23(24)19-12-14-22(15-13-19)31-27(32)26(28)25(20-8-4-2-5-9-20)21-10-6-3-7-11-21/h2-18,25-26,29H,28H2,1H3,(H,31,32). The number of anilines is 2. The van der Waals surface area contributed by atoms with Gasteiger partial charge in [-0.2, -0.15) is 0 Å². The lowest BCUT2D eigenvalue weighted by Gasteiger charge is -2.24. The minimum atomic E-state index is -0.740. The van der Waals surface area contributed by atoms with Gasteiger partial charge >= 0.3 is 0 Å². The van der Waals surface area contributed by atoms with Crippen LogP contribution in [0.2, 0.25) is 0 Å². The van der Waals surface area contributed by atoms with Crippen LogP contribution in [-0.4, -0.2) is 24.0 Å². The van der Waals surface area contributed by atoms with E-state index in [4.69, 9.17) is 5.73 Å². The summed E-state index contributed by atoms with van der Waals surface area (Å²) in [4.78, 5) is 17.3. The highest BCUT2D eigenvalue weighted by atomic mass is 16.2. The lowest BCUT2D eigenvalue weighted by Crippen LogP contribution is -2.41. The Morgan fingerprint density at radius 2 is 1.44 bits per heavy atom. The lowest BCUT2D eigenvalue weighted by molar-refractivity contribution is -0.117. The maximum Gasteiger partial charge on any atom is 0.242 e. The molecule has 0 bridgehead atoms. The fourth-order valence-electron chi connectivity index (χ4n) is 3.88. The highest BCUT2D eigenvalue weighted by Gasteiger charge is 2.27. The third kappa shape index (κ3) is 4.68. The molecule has 160 valence electrons. The third-order valence-corrected chi connectivity index (χ3v) is 5.53. The second kappa shape index (κ2) is 9.90. The van der Waals surface area contributed by atoms with Crippen molar-refractivity contribution < 1.29 is 4.79 Å². The van der Waals surface area contributed by atoms with E-state index in [2.05, 4.69) is 15.6 Å². The van der Waals surface area contributed by atoms with E-state index in [0.717, 1.165) is 27.9 Å². The van der Waals surface area contributed by atoms with Crippen molar-refractivity contribution in [3.8, 4) is 11.1 Å². The molecular formula is C27H26N4O. The smallest absolute Gasteiger partial charge is 0.242 e. The number of benzene rings is 3. The Kier molecular flexibility index (Phi) is 6.58. The van der Waals surface area contributed by atoms with Gasteiger partial charge in [-0.1, -0.05) is 72.8 Å². The number of aromatic nitrogens is 1. The topological polar surface area (TPSA) is 80.0 Å². The lowest BCUT2D eigenvalue weighted by atomic mass is 9.85. The van der Waals surface area contributed by atoms with Crippen molar-refractivity contribution in [3.63, 3.8) is 0 Å². The summed E-state index contributed by atoms with van der Waals surface area (Å²) in [5.74, 6) is -0.470. The van der Waals surface area contributed by atoms with Crippen molar-refractivity contribution in [2.45, 2.75) is 12.0 Å². The Labute approximate surface area is 188 Å². The molecule has 0 saturated carbocycles. The predicted molar refractivity (Wildman–Crippen MR) is 131 cm³/mol. The number of hydrogen-bond donors (Lipinski definition) is 3. The first-order valence-corrected chi connectivity index (χ1v) is 10.6. The van der Waals surface area contributed by atoms with Crippen LogP contribution in [0, 0.1) is 0 Å². The molecule has 4 rings (SSSR count). The monoisotopic (exact) mass is 422 g/mol. The van der Waals surface area contributed by atoms with Gasteiger partial charge in [0.05, 0.1) is 17.9 Å². The molecule has 0 aliphatic heterocycles. The molecule has 0 aliphatic rings. The largest absolute Gasteiger partial charge is 0.386 e. The Bertz CT molecular complexity index is 1120. The quantitative estimate of drug-likeness (QED) is 0.396. The summed E-state index contributed by atoms with van der Waals surface area (Å²) in [6.45, 7) is 0. The van der Waals surface area contributed by atoms with Crippen LogP contribution < -0.4 is 16.4 Å². The summed E-state index contributed by atoms with van der Waals surface area (Å²) < 4.78 is 0. The van der Waals surface area contributed by atoms with E-state index in [1.165, 1.54) is 0 Å². The first kappa shape index (κ1) is 21.3. The molecule has 1 aromatic heterocycles. The number of nitrogens with two attached hydrogens (primary N) is 1. The minimum Gasteiger partial charge on any atom is -0.386 e. The second-order valence-corrected chi connectivity index (χ2v) is 7.56. The Morgan fingerprint density at radius 1 is 0.844 bits per heavy atom. The molecule has 1 atom stereocenters. The summed E-state index contributed by atoms with van der Waals surface area (Å²) >= 11 is 0. The molecule has 0 radical (unpaired) electrons. The Balaban J connectivity index is 1.54. The number of pyridine rings is 1. The zero-order valence-electron chi connectivity index (χ0n) is 17.9. The zero-order valence-corrected chi connectivity index (χ0v) is 17.9. The van der Waals surface area contributed by atoms with Crippen LogP contribution in [0.1, 0.15) is 17.0 Å². The Hall–Kier alpha value is -3.96. The molecule has 3 aromatic carbocycles. The van der Waals surface area contributed by atoms with E-state index in [1.54, 1.807) is 12.4 Å². The van der Waals surface area contributed by atoms with Crippen LogP contribution in [0.15, 0.2) is 103 Å². The number of nitrogens with zero attached hydrogens (tertiary/aromatic N) is 1. The first-order chi connectivity index (χ1) is 15.7. The number of amides is 1. The van der Waals surface area contributed by atoms with Crippen LogP contribution in [0.5, 0.6) is 0 Å². The van der Waals surface area contributed by atoms with E-state index >= 15 is 0 Å². The van der Waals surface area contributed by atoms with Gasteiger partial charge in [0, 0.05) is 30.4 Å². The normalized spacial score (nSPS) is 11.7. The van der Waals surface area contributed by atoms with Gasteiger partial charge in [0.25, 0.3) is 0 Å². The van der Waals surface area contributed by atoms with Gasteiger partial charge < -0.3 is 16.4 Å². The first-order valence-electron chi connectivity index (χ1n) is 10.6. The molecule has 0 fully saturated rings. The molecule has 5 heteroatoms. The number of carbonyl (C=O) groups is 1. The maximum absolute atomic E-state index is 13.1. The fourth-order valence-corrected chi connectivity index (χ4v) is 3.88. The van der Waals surface area contributed by atoms with E-state index in [1.807, 2.05) is 98.0 Å². The molecule has 32 heavy (non-hydrogen) atoms. The van der Waals surface area contributed by atoms with Crippen molar-refractivity contribution in [2.24, 2.45) is 5.73 Å². The van der Waals surface area contributed by atoms with Gasteiger partial charge in [-0.3, -0.25) is 9.78 Å². The molecule has 4 N–H and O–H groups in total. The molecule has 5 nitrogen and oxygen atoms in total. The number of nitrogens with one attached hydrogen (secondary N) is 2. The second-order valence-electron chi connectivity index (χ2n) is 7.56. The summed E-state index contributed by atoms with van der Waals surface area (Å²) in [6, 6.07) is 28.8. The molecule has 1 unspecified atom stereocenters. The maximum atomic E-state index is 13.1. The average Bonchev–Trinajstić information content (AvgIpc) is 2.86. The summed E-state index contributed by atoms with van der Waals surface area (Å²) in [7, 11) is 1.87. The van der Waals surface area contributed by atoms with Crippen LogP contribution in [0.4, 0.5) is 11.4 Å². The summed E-state index contributed by atoms with van der Waals surface area (Å²) in [6.07, 6.45) is 3.55. The van der Waals surface area contributed by atoms with E-state index < -0.39 is 6.04 Å². The fraction of sp³-hybridized carbons (Fsp3) is 0.111. The third-order valence-electron chi connectivity index (χ3n) is 5.53. The van der Waals surface area contributed by atoms with Crippen LogP contribution >= 0.6 is 0 Å². The predicted octanol–water partition coefficient (Wildman–Crippen LogP) is 4.89. The van der Waals surface area contributed by atoms with Gasteiger partial charge in [0.1, 0.15) is 0 Å². The summed E-state index contributed by atoms with van der Waals surface area (Å²) in [5.41, 5.74) is 12.2. The molecule has 0 saturated heterocycles. The van der Waals surface area contributed by atoms with Gasteiger partial charge in [0.15, 0.2) is 0 Å². The van der Waals surface area contributed by atoms with Gasteiger partial charge in [0.2, 0.25) is 5.91 Å². The summed E-state index contributed by atoms with van der Waals surface area (Å²) in [5, 5.41) is 6.13. The van der Waals surface area contributed by atoms with Crippen molar-refractivity contribution in [3.05, 3.63) is 115 Å². The zero-order chi connectivity index (χ0) is 22.3. The van der Waals surface area contributed by atoms with Crippen molar-refractivity contribution in [2.75, 3.05) is 17.7 Å². The highest BCUT2D eigenvalue weighted by Crippen LogP contribution is 2.29. The van der Waals surface area contributed by atoms with Gasteiger partial charge in [-0.05, 0) is 34.9 Å². The van der Waals surface area contributed by atoms with Crippen LogP contribution in [0.25, 0.3) is 11.1 Å². The molecule has 1 amide bonds. The van der Waals surface area contributed by atoms with Gasteiger partial charge in [-0.15, -0.1) is 0 Å². The van der Waals surface area contributed by atoms with Crippen LogP contribution in [0.3, 0.4) is 0 Å². The minimum absolute atomic E-state index is 0.227. The van der Waals surface area contributed by atoms with Crippen molar-refractivity contribution in [1.82, 2.24) is 4.98 Å². The highest BCUT2D eigenvalue weighted by molar-refractivity contribution is 5.96. The van der Waals surface area contributed by atoms with E-state index in [-0.39, 0.29) is 11.8 Å². The SMILES string of the molecule is CNc1cnccc1-c1ccc(NC(=O)C(N)C(c2ccccc2)c2ccccc2)cc1. The number of rotatable bonds is 7. The molecule has 1 heterocycles. The number of hydrogen-bond acceptors (Lipinski definition) is 4. The Morgan fingerprint density at radius 3 is 2.00 bits per heavy atom.